The van der Waals surface area contributed by atoms with Gasteiger partial charge in [-0.2, -0.15) is 4.31 Å². The van der Waals surface area contributed by atoms with Crippen LogP contribution >= 0.6 is 0 Å². The minimum Gasteiger partial charge on any atom is -0.312 e. The number of amides is 1. The van der Waals surface area contributed by atoms with Gasteiger partial charge in [0.15, 0.2) is 0 Å². The number of nitrogens with zero attached hydrogens (tertiary/aromatic N) is 3. The molecule has 0 saturated carbocycles. The van der Waals surface area contributed by atoms with Gasteiger partial charge in [0.05, 0.1) is 6.54 Å². The lowest BCUT2D eigenvalue weighted by molar-refractivity contribution is -0.117. The molecule has 0 aliphatic carbocycles. The van der Waals surface area contributed by atoms with E-state index < -0.39 is 15.6 Å². The summed E-state index contributed by atoms with van der Waals surface area (Å²) in [5.74, 6) is 0.631. The third-order valence-corrected chi connectivity index (χ3v) is 7.93. The van der Waals surface area contributed by atoms with Gasteiger partial charge in [-0.1, -0.05) is 19.1 Å². The fourth-order valence-electron chi connectivity index (χ4n) is 4.10. The number of aromatic nitrogens is 1. The number of pyridine rings is 1. The Morgan fingerprint density at radius 1 is 1.00 bits per heavy atom. The third kappa shape index (κ3) is 4.06. The molecule has 0 N–H and O–H groups in total. The van der Waals surface area contributed by atoms with Gasteiger partial charge in [0.2, 0.25) is 15.9 Å². The van der Waals surface area contributed by atoms with E-state index in [9.17, 15) is 18.0 Å². The Kier molecular flexibility index (Phi) is 5.79. The Balaban J connectivity index is 1.55. The quantitative estimate of drug-likeness (QED) is 0.731. The molecule has 0 spiro atoms. The first kappa shape index (κ1) is 20.8. The van der Waals surface area contributed by atoms with Gasteiger partial charge in [0, 0.05) is 37.9 Å². The molecule has 2 fully saturated rings. The van der Waals surface area contributed by atoms with Crippen molar-refractivity contribution in [2.24, 2.45) is 5.92 Å². The minimum atomic E-state index is -3.80. The molecule has 8 heteroatoms. The highest BCUT2D eigenvalue weighted by Crippen LogP contribution is 2.23. The van der Waals surface area contributed by atoms with E-state index in [1.807, 2.05) is 24.3 Å². The van der Waals surface area contributed by atoms with Crippen molar-refractivity contribution in [1.29, 1.82) is 0 Å². The van der Waals surface area contributed by atoms with Crippen LogP contribution in [0.5, 0.6) is 0 Å². The summed E-state index contributed by atoms with van der Waals surface area (Å²) in [5.41, 5.74) is 1.22. The molecule has 0 bridgehead atoms. The fraction of sp³-hybridized carbons (Fsp3) is 0.455. The van der Waals surface area contributed by atoms with Crippen LogP contribution in [0.25, 0.3) is 0 Å². The van der Waals surface area contributed by atoms with Gasteiger partial charge in [-0.3, -0.25) is 9.59 Å². The molecule has 4 rings (SSSR count). The van der Waals surface area contributed by atoms with Gasteiger partial charge < -0.3 is 9.47 Å². The molecule has 2 aromatic rings. The Morgan fingerprint density at radius 2 is 1.70 bits per heavy atom. The first-order valence-electron chi connectivity index (χ1n) is 10.4. The fourth-order valence-corrected chi connectivity index (χ4v) is 5.66. The highest BCUT2D eigenvalue weighted by molar-refractivity contribution is 7.89. The molecule has 0 unspecified atom stereocenters. The maximum absolute atomic E-state index is 13.0. The largest absolute Gasteiger partial charge is 0.312 e. The first-order valence-corrected chi connectivity index (χ1v) is 11.9. The van der Waals surface area contributed by atoms with E-state index in [0.29, 0.717) is 25.4 Å². The number of carbonyl (C=O) groups is 1. The second-order valence-corrected chi connectivity index (χ2v) is 10.1. The lowest BCUT2D eigenvalue weighted by Crippen LogP contribution is -2.40. The molecule has 7 nitrogen and oxygen atoms in total. The molecule has 3 heterocycles. The molecule has 160 valence electrons. The van der Waals surface area contributed by atoms with E-state index in [0.717, 1.165) is 37.1 Å². The zero-order chi connectivity index (χ0) is 21.3. The van der Waals surface area contributed by atoms with E-state index in [2.05, 4.69) is 6.92 Å². The van der Waals surface area contributed by atoms with E-state index in [1.165, 1.54) is 14.9 Å². The van der Waals surface area contributed by atoms with Crippen LogP contribution in [-0.4, -0.2) is 42.8 Å². The lowest BCUT2D eigenvalue weighted by atomic mass is 10.0. The van der Waals surface area contributed by atoms with Crippen LogP contribution in [0.1, 0.15) is 38.2 Å². The van der Waals surface area contributed by atoms with Crippen LogP contribution in [0.3, 0.4) is 0 Å². The van der Waals surface area contributed by atoms with Gasteiger partial charge in [-0.15, -0.1) is 0 Å². The second-order valence-electron chi connectivity index (χ2n) is 8.21. The van der Waals surface area contributed by atoms with Crippen LogP contribution in [0.4, 0.5) is 5.69 Å². The maximum atomic E-state index is 13.0. The smallest absolute Gasteiger partial charge is 0.271 e. The van der Waals surface area contributed by atoms with Crippen molar-refractivity contribution in [3.8, 4) is 0 Å². The lowest BCUT2D eigenvalue weighted by Gasteiger charge is -2.29. The summed E-state index contributed by atoms with van der Waals surface area (Å²) in [5, 5.41) is 0. The van der Waals surface area contributed by atoms with Crippen molar-refractivity contribution < 1.29 is 13.2 Å². The predicted molar refractivity (Wildman–Crippen MR) is 115 cm³/mol. The molecule has 2 aliphatic heterocycles. The topological polar surface area (TPSA) is 79.7 Å². The van der Waals surface area contributed by atoms with Crippen LogP contribution in [0.2, 0.25) is 0 Å². The molecule has 2 saturated heterocycles. The van der Waals surface area contributed by atoms with Gasteiger partial charge in [0.25, 0.3) is 5.56 Å². The molecule has 0 radical (unpaired) electrons. The molecule has 2 aliphatic rings. The summed E-state index contributed by atoms with van der Waals surface area (Å²) in [6, 6.07) is 10.5. The second kappa shape index (κ2) is 8.35. The summed E-state index contributed by atoms with van der Waals surface area (Å²) in [4.78, 5) is 26.4. The van der Waals surface area contributed by atoms with Crippen LogP contribution in [0.15, 0.2) is 52.3 Å². The molecule has 1 amide bonds. The van der Waals surface area contributed by atoms with Crippen LogP contribution in [-0.2, 0) is 21.4 Å². The molecular formula is C22H27N3O4S. The average Bonchev–Trinajstić information content (AvgIpc) is 3.16. The first-order chi connectivity index (χ1) is 14.4. The molecular weight excluding hydrogens is 402 g/mol. The zero-order valence-electron chi connectivity index (χ0n) is 17.2. The monoisotopic (exact) mass is 429 g/mol. The highest BCUT2D eigenvalue weighted by atomic mass is 32.2. The summed E-state index contributed by atoms with van der Waals surface area (Å²) in [6.45, 7) is 4.02. The summed E-state index contributed by atoms with van der Waals surface area (Å²) in [7, 11) is -3.80. The number of carbonyl (C=O) groups excluding carboxylic acids is 1. The maximum Gasteiger partial charge on any atom is 0.271 e. The minimum absolute atomic E-state index is 0.129. The predicted octanol–water partition coefficient (Wildman–Crippen LogP) is 2.44. The van der Waals surface area contributed by atoms with Crippen LogP contribution in [0, 0.1) is 5.92 Å². The standard InChI is InChI=1S/C22H27N3O4S/c1-17-10-14-24(15-11-17)30(28,29)20-4-2-12-23(22(20)27)16-18-6-8-19(9-7-18)25-13-3-5-21(25)26/h2,4,6-9,12,17H,3,5,10-11,13-16H2,1H3. The van der Waals surface area contributed by atoms with E-state index in [1.54, 1.807) is 17.2 Å². The SMILES string of the molecule is CC1CCN(S(=O)(=O)c2cccn(Cc3ccc(N4CCCC4=O)cc3)c2=O)CC1. The van der Waals surface area contributed by atoms with Crippen molar-refractivity contribution in [3.05, 3.63) is 58.5 Å². The normalized spacial score (nSPS) is 18.8. The average molecular weight is 430 g/mol. The van der Waals surface area contributed by atoms with Gasteiger partial charge in [-0.25, -0.2) is 8.42 Å². The van der Waals surface area contributed by atoms with Gasteiger partial charge >= 0.3 is 0 Å². The molecule has 1 aromatic carbocycles. The van der Waals surface area contributed by atoms with E-state index in [-0.39, 0.29) is 17.3 Å². The number of anilines is 1. The van der Waals surface area contributed by atoms with Crippen LogP contribution < -0.4 is 10.5 Å². The number of hydrogen-bond donors (Lipinski definition) is 0. The van der Waals surface area contributed by atoms with Gasteiger partial charge in [-0.05, 0) is 55.0 Å². The van der Waals surface area contributed by atoms with Crippen molar-refractivity contribution in [2.45, 2.75) is 44.0 Å². The van der Waals surface area contributed by atoms with Gasteiger partial charge in [0.1, 0.15) is 4.90 Å². The Labute approximate surface area is 177 Å². The number of rotatable bonds is 5. The van der Waals surface area contributed by atoms with E-state index >= 15 is 0 Å². The number of sulfonamides is 1. The Bertz CT molecular complexity index is 1080. The zero-order valence-corrected chi connectivity index (χ0v) is 18.0. The number of benzene rings is 1. The molecule has 0 atom stereocenters. The number of hydrogen-bond acceptors (Lipinski definition) is 4. The Morgan fingerprint density at radius 3 is 2.33 bits per heavy atom. The number of piperidine rings is 1. The molecule has 30 heavy (non-hydrogen) atoms. The highest BCUT2D eigenvalue weighted by Gasteiger charge is 2.30. The summed E-state index contributed by atoms with van der Waals surface area (Å²) in [6.07, 6.45) is 4.68. The van der Waals surface area contributed by atoms with Crippen molar-refractivity contribution in [1.82, 2.24) is 8.87 Å². The third-order valence-electron chi connectivity index (χ3n) is 6.02. The van der Waals surface area contributed by atoms with Crippen molar-refractivity contribution >= 4 is 21.6 Å². The molecule has 1 aromatic heterocycles. The summed E-state index contributed by atoms with van der Waals surface area (Å²) < 4.78 is 28.9. The van der Waals surface area contributed by atoms with Crippen molar-refractivity contribution in [2.75, 3.05) is 24.5 Å². The van der Waals surface area contributed by atoms with E-state index in [4.69, 9.17) is 0 Å². The Hall–Kier alpha value is -2.45. The summed E-state index contributed by atoms with van der Waals surface area (Å²) >= 11 is 0. The van der Waals surface area contributed by atoms with Crippen molar-refractivity contribution in [3.63, 3.8) is 0 Å².